The van der Waals surface area contributed by atoms with E-state index in [9.17, 15) is 0 Å². The van der Waals surface area contributed by atoms with Crippen LogP contribution in [-0.2, 0) is 0 Å². The van der Waals surface area contributed by atoms with Crippen molar-refractivity contribution in [3.8, 4) is 11.6 Å². The van der Waals surface area contributed by atoms with E-state index in [-0.39, 0.29) is 0 Å². The van der Waals surface area contributed by atoms with Gasteiger partial charge in [0.2, 0.25) is 11.8 Å². The number of fused-ring (bicyclic) bond motifs is 1. The zero-order valence-electron chi connectivity index (χ0n) is 19.2. The van der Waals surface area contributed by atoms with Gasteiger partial charge in [-0.2, -0.15) is 15.1 Å². The minimum atomic E-state index is 0.429. The molecule has 4 aromatic rings. The van der Waals surface area contributed by atoms with Gasteiger partial charge in [0, 0.05) is 66.5 Å². The fourth-order valence-electron chi connectivity index (χ4n) is 4.29. The molecule has 3 N–H and O–H groups in total. The lowest BCUT2D eigenvalue weighted by atomic mass is 10.2. The number of aryl methyl sites for hydroxylation is 1. The molecule has 1 aliphatic carbocycles. The lowest BCUT2D eigenvalue weighted by molar-refractivity contribution is 0.310. The van der Waals surface area contributed by atoms with E-state index >= 15 is 0 Å². The normalized spacial score (nSPS) is 16.9. The molecule has 0 atom stereocenters. The molecule has 10 heteroatoms. The van der Waals surface area contributed by atoms with Crippen molar-refractivity contribution in [1.82, 2.24) is 30.0 Å². The van der Waals surface area contributed by atoms with E-state index in [1.54, 1.807) is 6.07 Å². The number of aromatic nitrogens is 5. The Hall–Kier alpha value is -3.30. The number of rotatable bonds is 6. The van der Waals surface area contributed by atoms with Gasteiger partial charge >= 0.3 is 0 Å². The van der Waals surface area contributed by atoms with Crippen LogP contribution in [0, 0.1) is 6.92 Å². The first-order valence-corrected chi connectivity index (χ1v) is 12.0. The molecule has 0 radical (unpaired) electrons. The molecule has 2 aliphatic rings. The molecule has 0 spiro atoms. The molecule has 1 saturated heterocycles. The van der Waals surface area contributed by atoms with Crippen molar-refractivity contribution in [2.45, 2.75) is 25.7 Å². The molecule has 1 aromatic carbocycles. The average molecular weight is 479 g/mol. The largest absolute Gasteiger partial charge is 0.437 e. The van der Waals surface area contributed by atoms with E-state index in [2.05, 4.69) is 43.4 Å². The molecule has 0 amide bonds. The third kappa shape index (κ3) is 4.28. The van der Waals surface area contributed by atoms with E-state index in [0.717, 1.165) is 54.3 Å². The Morgan fingerprint density at radius 1 is 1.06 bits per heavy atom. The fraction of sp³-hybridized carbons (Fsp3) is 0.375. The minimum Gasteiger partial charge on any atom is -0.437 e. The Morgan fingerprint density at radius 2 is 1.88 bits per heavy atom. The first-order valence-electron chi connectivity index (χ1n) is 11.6. The van der Waals surface area contributed by atoms with Gasteiger partial charge in [0.15, 0.2) is 5.82 Å². The molecule has 1 aliphatic heterocycles. The highest BCUT2D eigenvalue weighted by Crippen LogP contribution is 2.40. The second kappa shape index (κ2) is 8.48. The molecule has 1 saturated carbocycles. The van der Waals surface area contributed by atoms with Crippen molar-refractivity contribution in [3.63, 3.8) is 0 Å². The summed E-state index contributed by atoms with van der Waals surface area (Å²) in [5.74, 6) is 3.57. The summed E-state index contributed by atoms with van der Waals surface area (Å²) >= 11 is 6.68. The number of likely N-dealkylation sites (N-methyl/N-ethyl adjacent to an activating group) is 1. The molecule has 0 bridgehead atoms. The molecule has 6 rings (SSSR count). The van der Waals surface area contributed by atoms with Crippen molar-refractivity contribution in [2.75, 3.05) is 43.4 Å². The van der Waals surface area contributed by atoms with Gasteiger partial charge in [0.25, 0.3) is 0 Å². The number of hydrogen-bond donors (Lipinski definition) is 3. The molecular weight excluding hydrogens is 452 g/mol. The Balaban J connectivity index is 1.32. The lowest BCUT2D eigenvalue weighted by Gasteiger charge is -2.32. The van der Waals surface area contributed by atoms with E-state index in [4.69, 9.17) is 26.3 Å². The number of ether oxygens (including phenoxy) is 1. The summed E-state index contributed by atoms with van der Waals surface area (Å²) in [5.41, 5.74) is 3.18. The number of nitrogens with one attached hydrogen (secondary N) is 3. The van der Waals surface area contributed by atoms with Gasteiger partial charge in [-0.15, -0.1) is 0 Å². The summed E-state index contributed by atoms with van der Waals surface area (Å²) in [4.78, 5) is 17.3. The van der Waals surface area contributed by atoms with Crippen molar-refractivity contribution in [2.24, 2.45) is 0 Å². The van der Waals surface area contributed by atoms with E-state index in [1.807, 2.05) is 25.1 Å². The Kier molecular flexibility index (Phi) is 5.30. The monoisotopic (exact) mass is 478 g/mol. The second-order valence-corrected chi connectivity index (χ2v) is 9.56. The van der Waals surface area contributed by atoms with Crippen LogP contribution in [0.5, 0.6) is 11.6 Å². The first kappa shape index (κ1) is 21.2. The maximum absolute atomic E-state index is 6.68. The number of benzene rings is 1. The predicted octanol–water partition coefficient (Wildman–Crippen LogP) is 4.81. The Morgan fingerprint density at radius 3 is 2.68 bits per heavy atom. The summed E-state index contributed by atoms with van der Waals surface area (Å²) in [6.45, 7) is 5.62. The number of nitrogens with zero attached hydrogens (tertiary/aromatic N) is 5. The number of hydrogen-bond acceptors (Lipinski definition) is 7. The molecular formula is C24H27ClN8O. The van der Waals surface area contributed by atoms with Gasteiger partial charge in [-0.05, 0) is 45.0 Å². The van der Waals surface area contributed by atoms with Crippen LogP contribution in [0.1, 0.15) is 30.1 Å². The summed E-state index contributed by atoms with van der Waals surface area (Å²) in [6.07, 6.45) is 2.43. The highest BCUT2D eigenvalue weighted by Gasteiger charge is 2.26. The first-order chi connectivity index (χ1) is 16.5. The number of anilines is 3. The summed E-state index contributed by atoms with van der Waals surface area (Å²) < 4.78 is 6.21. The van der Waals surface area contributed by atoms with Crippen molar-refractivity contribution in [1.29, 1.82) is 0 Å². The maximum atomic E-state index is 6.68. The summed E-state index contributed by atoms with van der Waals surface area (Å²) in [5, 5.41) is 12.3. The van der Waals surface area contributed by atoms with Crippen LogP contribution in [0.2, 0.25) is 5.02 Å². The van der Waals surface area contributed by atoms with Gasteiger partial charge in [0.05, 0.1) is 5.02 Å². The van der Waals surface area contributed by atoms with Crippen LogP contribution < -0.4 is 15.0 Å². The van der Waals surface area contributed by atoms with Crippen LogP contribution in [0.15, 0.2) is 30.3 Å². The Labute approximate surface area is 202 Å². The standard InChI is InChI=1S/C24H27ClN8O/c1-14-11-16-17(26-14)5-6-19(23(16)25)34-22-13-20(27-21-12-18(30-31-21)15-3-4-15)28-24(29-22)33-9-7-32(2)8-10-33/h5-6,11-13,15,26H,3-4,7-10H2,1-2H3,(H2,27,28,29,30,31). The highest BCUT2D eigenvalue weighted by atomic mass is 35.5. The van der Waals surface area contributed by atoms with Crippen LogP contribution >= 0.6 is 11.6 Å². The van der Waals surface area contributed by atoms with Gasteiger partial charge in [-0.25, -0.2) is 0 Å². The van der Waals surface area contributed by atoms with Gasteiger partial charge in [-0.1, -0.05) is 11.6 Å². The molecule has 0 unspecified atom stereocenters. The second-order valence-electron chi connectivity index (χ2n) is 9.18. The van der Waals surface area contributed by atoms with E-state index in [1.165, 1.54) is 12.8 Å². The van der Waals surface area contributed by atoms with Gasteiger partial charge < -0.3 is 24.8 Å². The SMILES string of the molecule is Cc1cc2c(Cl)c(Oc3cc(Nc4cc(C5CC5)[nH]n4)nc(N4CCN(C)CC4)n3)ccc2[nH]1. The highest BCUT2D eigenvalue weighted by molar-refractivity contribution is 6.37. The number of piperazine rings is 1. The summed E-state index contributed by atoms with van der Waals surface area (Å²) in [7, 11) is 2.13. The van der Waals surface area contributed by atoms with Crippen LogP contribution in [0.25, 0.3) is 10.9 Å². The van der Waals surface area contributed by atoms with Crippen LogP contribution in [-0.4, -0.2) is 63.3 Å². The zero-order valence-corrected chi connectivity index (χ0v) is 20.0. The molecule has 176 valence electrons. The van der Waals surface area contributed by atoms with Crippen molar-refractivity contribution >= 4 is 40.1 Å². The zero-order chi connectivity index (χ0) is 23.2. The lowest BCUT2D eigenvalue weighted by Crippen LogP contribution is -2.45. The molecule has 34 heavy (non-hydrogen) atoms. The number of H-pyrrole nitrogens is 2. The third-order valence-electron chi connectivity index (χ3n) is 6.40. The molecule has 3 aromatic heterocycles. The maximum Gasteiger partial charge on any atom is 0.230 e. The average Bonchev–Trinajstić information content (AvgIpc) is 3.45. The molecule has 2 fully saturated rings. The minimum absolute atomic E-state index is 0.429. The van der Waals surface area contributed by atoms with Crippen molar-refractivity contribution < 1.29 is 4.74 Å². The topological polar surface area (TPSA) is 98.0 Å². The van der Waals surface area contributed by atoms with Crippen LogP contribution in [0.3, 0.4) is 0 Å². The number of halogens is 1. The predicted molar refractivity (Wildman–Crippen MR) is 134 cm³/mol. The molecule has 9 nitrogen and oxygen atoms in total. The summed E-state index contributed by atoms with van der Waals surface area (Å²) in [6, 6.07) is 9.68. The number of aromatic amines is 2. The van der Waals surface area contributed by atoms with Gasteiger partial charge in [0.1, 0.15) is 11.6 Å². The smallest absolute Gasteiger partial charge is 0.230 e. The van der Waals surface area contributed by atoms with Crippen LogP contribution in [0.4, 0.5) is 17.6 Å². The quantitative estimate of drug-likeness (QED) is 0.366. The Bertz CT molecular complexity index is 1340. The van der Waals surface area contributed by atoms with E-state index < -0.39 is 0 Å². The van der Waals surface area contributed by atoms with Crippen molar-refractivity contribution in [3.05, 3.63) is 46.7 Å². The molecule has 4 heterocycles. The fourth-order valence-corrected chi connectivity index (χ4v) is 4.55. The van der Waals surface area contributed by atoms with Gasteiger partial charge in [-0.3, -0.25) is 5.10 Å². The van der Waals surface area contributed by atoms with E-state index in [0.29, 0.717) is 34.3 Å². The third-order valence-corrected chi connectivity index (χ3v) is 6.79.